The molecule has 1 rings (SSSR count). The smallest absolute Gasteiger partial charge is 0.238 e. The highest BCUT2D eigenvalue weighted by molar-refractivity contribution is 6.31. The third-order valence-corrected chi connectivity index (χ3v) is 3.01. The molecule has 2 N–H and O–H groups in total. The van der Waals surface area contributed by atoms with E-state index in [9.17, 15) is 9.90 Å². The Morgan fingerprint density at radius 2 is 2.25 bits per heavy atom. The lowest BCUT2D eigenvalue weighted by Gasteiger charge is -2.17. The van der Waals surface area contributed by atoms with Gasteiger partial charge in [0.05, 0.1) is 25.4 Å². The van der Waals surface area contributed by atoms with Gasteiger partial charge in [0.15, 0.2) is 0 Å². The average molecular weight is 301 g/mol. The average Bonchev–Trinajstić information content (AvgIpc) is 2.36. The molecular weight excluding hydrogens is 280 g/mol. The zero-order chi connectivity index (χ0) is 15.1. The zero-order valence-electron chi connectivity index (χ0n) is 12.0. The summed E-state index contributed by atoms with van der Waals surface area (Å²) in [6.07, 6.45) is 0.262. The number of aliphatic hydroxyl groups excluding tert-OH is 1. The number of likely N-dealkylation sites (N-methyl/N-ethyl adjacent to an activating group) is 1. The Morgan fingerprint density at radius 3 is 2.85 bits per heavy atom. The van der Waals surface area contributed by atoms with Gasteiger partial charge in [-0.2, -0.15) is 0 Å². The molecule has 0 aliphatic rings. The van der Waals surface area contributed by atoms with Crippen LogP contribution in [0, 0.1) is 0 Å². The molecule has 1 atom stereocenters. The molecule has 1 aromatic carbocycles. The van der Waals surface area contributed by atoms with Crippen LogP contribution in [0.5, 0.6) is 5.75 Å². The lowest BCUT2D eigenvalue weighted by atomic mass is 10.2. The largest absolute Gasteiger partial charge is 0.495 e. The van der Waals surface area contributed by atoms with Crippen molar-refractivity contribution >= 4 is 23.2 Å². The van der Waals surface area contributed by atoms with Crippen molar-refractivity contribution < 1.29 is 14.6 Å². The van der Waals surface area contributed by atoms with E-state index in [1.54, 1.807) is 25.1 Å². The van der Waals surface area contributed by atoms with Gasteiger partial charge in [0.25, 0.3) is 0 Å². The number of rotatable bonds is 7. The summed E-state index contributed by atoms with van der Waals surface area (Å²) in [5.74, 6) is 0.410. The molecule has 1 amide bonds. The number of aliphatic hydroxyl groups is 1. The Labute approximate surface area is 124 Å². The summed E-state index contributed by atoms with van der Waals surface area (Å²) in [5, 5.41) is 12.5. The molecule has 20 heavy (non-hydrogen) atoms. The number of hydrogen-bond acceptors (Lipinski definition) is 4. The summed E-state index contributed by atoms with van der Waals surface area (Å²) < 4.78 is 5.17. The monoisotopic (exact) mass is 300 g/mol. The van der Waals surface area contributed by atoms with Crippen molar-refractivity contribution in [2.45, 2.75) is 19.4 Å². The number of ether oxygens (including phenoxy) is 1. The van der Waals surface area contributed by atoms with Gasteiger partial charge in [-0.15, -0.1) is 0 Å². The van der Waals surface area contributed by atoms with E-state index in [1.165, 1.54) is 7.11 Å². The highest BCUT2D eigenvalue weighted by Gasteiger charge is 2.11. The van der Waals surface area contributed by atoms with Gasteiger partial charge in [0.2, 0.25) is 5.91 Å². The fraction of sp³-hybridized carbons (Fsp3) is 0.500. The maximum Gasteiger partial charge on any atom is 0.238 e. The quantitative estimate of drug-likeness (QED) is 0.808. The predicted octanol–water partition coefficient (Wildman–Crippen LogP) is 1.99. The number of halogens is 1. The van der Waals surface area contributed by atoms with Crippen LogP contribution in [0.3, 0.4) is 0 Å². The van der Waals surface area contributed by atoms with Crippen LogP contribution in [0.1, 0.15) is 13.3 Å². The molecule has 0 aliphatic heterocycles. The van der Waals surface area contributed by atoms with E-state index >= 15 is 0 Å². The minimum absolute atomic E-state index is 0.154. The molecule has 112 valence electrons. The molecule has 0 saturated heterocycles. The minimum atomic E-state index is -0.367. The third-order valence-electron chi connectivity index (χ3n) is 2.78. The van der Waals surface area contributed by atoms with Crippen molar-refractivity contribution in [2.75, 3.05) is 32.6 Å². The van der Waals surface area contributed by atoms with Crippen LogP contribution in [0.2, 0.25) is 5.02 Å². The van der Waals surface area contributed by atoms with E-state index in [0.29, 0.717) is 29.4 Å². The second-order valence-electron chi connectivity index (χ2n) is 4.77. The van der Waals surface area contributed by atoms with Crippen molar-refractivity contribution in [2.24, 2.45) is 0 Å². The summed E-state index contributed by atoms with van der Waals surface area (Å²) >= 11 is 5.90. The van der Waals surface area contributed by atoms with Crippen LogP contribution in [-0.4, -0.2) is 49.3 Å². The van der Waals surface area contributed by atoms with Crippen LogP contribution in [-0.2, 0) is 4.79 Å². The van der Waals surface area contributed by atoms with Gasteiger partial charge < -0.3 is 15.2 Å². The maximum atomic E-state index is 11.9. The van der Waals surface area contributed by atoms with E-state index in [1.807, 2.05) is 11.9 Å². The van der Waals surface area contributed by atoms with Gasteiger partial charge in [0, 0.05) is 11.6 Å². The van der Waals surface area contributed by atoms with Gasteiger partial charge in [-0.05, 0) is 38.6 Å². The first-order valence-corrected chi connectivity index (χ1v) is 6.80. The Morgan fingerprint density at radius 1 is 1.55 bits per heavy atom. The molecule has 5 nitrogen and oxygen atoms in total. The first-order valence-electron chi connectivity index (χ1n) is 6.42. The van der Waals surface area contributed by atoms with E-state index in [4.69, 9.17) is 16.3 Å². The minimum Gasteiger partial charge on any atom is -0.495 e. The predicted molar refractivity (Wildman–Crippen MR) is 80.4 cm³/mol. The molecule has 0 aromatic heterocycles. The molecule has 6 heteroatoms. The van der Waals surface area contributed by atoms with Crippen molar-refractivity contribution in [1.29, 1.82) is 0 Å². The Bertz CT molecular complexity index is 452. The van der Waals surface area contributed by atoms with E-state index in [0.717, 1.165) is 0 Å². The Hall–Kier alpha value is -1.30. The number of benzene rings is 1. The number of anilines is 1. The van der Waals surface area contributed by atoms with Crippen molar-refractivity contribution in [3.63, 3.8) is 0 Å². The second-order valence-corrected chi connectivity index (χ2v) is 5.20. The van der Waals surface area contributed by atoms with Gasteiger partial charge in [-0.25, -0.2) is 0 Å². The van der Waals surface area contributed by atoms with Gasteiger partial charge in [-0.3, -0.25) is 9.69 Å². The molecule has 0 saturated carbocycles. The van der Waals surface area contributed by atoms with Crippen molar-refractivity contribution in [3.05, 3.63) is 23.2 Å². The summed E-state index contributed by atoms with van der Waals surface area (Å²) in [6.45, 7) is 2.62. The van der Waals surface area contributed by atoms with Gasteiger partial charge in [0.1, 0.15) is 5.75 Å². The van der Waals surface area contributed by atoms with Gasteiger partial charge >= 0.3 is 0 Å². The molecule has 0 heterocycles. The molecule has 1 unspecified atom stereocenters. The fourth-order valence-electron chi connectivity index (χ4n) is 1.70. The fourth-order valence-corrected chi connectivity index (χ4v) is 1.87. The van der Waals surface area contributed by atoms with E-state index in [2.05, 4.69) is 5.32 Å². The topological polar surface area (TPSA) is 61.8 Å². The molecule has 1 aromatic rings. The second kappa shape index (κ2) is 8.09. The third kappa shape index (κ3) is 5.77. The first-order chi connectivity index (χ1) is 9.42. The number of carbonyl (C=O) groups excluding carboxylic acids is 1. The van der Waals surface area contributed by atoms with Crippen molar-refractivity contribution in [3.8, 4) is 5.75 Å². The molecule has 0 spiro atoms. The van der Waals surface area contributed by atoms with E-state index in [-0.39, 0.29) is 18.6 Å². The highest BCUT2D eigenvalue weighted by Crippen LogP contribution is 2.27. The standard InChI is InChI=1S/C14H21ClN2O3/c1-10(18)6-7-17(2)9-14(19)16-12-8-11(15)4-5-13(12)20-3/h4-5,8,10,18H,6-7,9H2,1-3H3,(H,16,19). The Balaban J connectivity index is 2.55. The highest BCUT2D eigenvalue weighted by atomic mass is 35.5. The van der Waals surface area contributed by atoms with Crippen LogP contribution in [0.25, 0.3) is 0 Å². The molecule has 0 radical (unpaired) electrons. The first kappa shape index (κ1) is 16.8. The Kier molecular flexibility index (Phi) is 6.78. The molecule has 0 bridgehead atoms. The normalized spacial score (nSPS) is 12.3. The number of carbonyl (C=O) groups is 1. The van der Waals surface area contributed by atoms with Crippen molar-refractivity contribution in [1.82, 2.24) is 4.90 Å². The molecular formula is C14H21ClN2O3. The van der Waals surface area contributed by atoms with Gasteiger partial charge in [-0.1, -0.05) is 11.6 Å². The molecule has 0 aliphatic carbocycles. The lowest BCUT2D eigenvalue weighted by molar-refractivity contribution is -0.117. The number of amides is 1. The number of methoxy groups -OCH3 is 1. The maximum absolute atomic E-state index is 11.9. The van der Waals surface area contributed by atoms with Crippen LogP contribution in [0.15, 0.2) is 18.2 Å². The van der Waals surface area contributed by atoms with Crippen LogP contribution < -0.4 is 10.1 Å². The lowest BCUT2D eigenvalue weighted by Crippen LogP contribution is -2.32. The van der Waals surface area contributed by atoms with Crippen LogP contribution in [0.4, 0.5) is 5.69 Å². The number of hydrogen-bond donors (Lipinski definition) is 2. The number of nitrogens with zero attached hydrogens (tertiary/aromatic N) is 1. The SMILES string of the molecule is COc1ccc(Cl)cc1NC(=O)CN(C)CCC(C)O. The zero-order valence-corrected chi connectivity index (χ0v) is 12.8. The summed E-state index contributed by atoms with van der Waals surface area (Å²) in [6, 6.07) is 5.05. The summed E-state index contributed by atoms with van der Waals surface area (Å²) in [5.41, 5.74) is 0.550. The van der Waals surface area contributed by atoms with Crippen LogP contribution >= 0.6 is 11.6 Å². The van der Waals surface area contributed by atoms with E-state index < -0.39 is 0 Å². The summed E-state index contributed by atoms with van der Waals surface area (Å²) in [4.78, 5) is 13.8. The number of nitrogens with one attached hydrogen (secondary N) is 1. The molecule has 0 fully saturated rings. The summed E-state index contributed by atoms with van der Waals surface area (Å²) in [7, 11) is 3.37.